The fourth-order valence-electron chi connectivity index (χ4n) is 10.7. The lowest BCUT2D eigenvalue weighted by atomic mass is 9.78. The molecule has 3 N–H and O–H groups in total. The van der Waals surface area contributed by atoms with Gasteiger partial charge in [0.1, 0.15) is 35.9 Å². The number of carbonyl (C=O) groups is 5. The zero-order chi connectivity index (χ0) is 49.9. The van der Waals surface area contributed by atoms with Crippen molar-refractivity contribution in [3.05, 3.63) is 71.8 Å². The second-order valence-corrected chi connectivity index (χ2v) is 20.4. The number of nitrogens with zero attached hydrogens (tertiary/aromatic N) is 1. The van der Waals surface area contributed by atoms with Crippen molar-refractivity contribution in [3.63, 3.8) is 0 Å². The highest BCUT2D eigenvalue weighted by Crippen LogP contribution is 2.40. The first-order valence-corrected chi connectivity index (χ1v) is 25.0. The number of rotatable bonds is 6. The van der Waals surface area contributed by atoms with Crippen molar-refractivity contribution < 1.29 is 62.7 Å². The van der Waals surface area contributed by atoms with E-state index in [1.165, 1.54) is 12.0 Å². The molecule has 1 aromatic rings. The molecular formula is C54H79NO13. The Morgan fingerprint density at radius 1 is 0.882 bits per heavy atom. The molecule has 14 nitrogen and oxygen atoms in total. The lowest BCUT2D eigenvalue weighted by Crippen LogP contribution is -2.60. The summed E-state index contributed by atoms with van der Waals surface area (Å²) >= 11 is 0. The van der Waals surface area contributed by atoms with E-state index in [-0.39, 0.29) is 60.7 Å². The van der Waals surface area contributed by atoms with Crippen LogP contribution in [0.25, 0.3) is 0 Å². The van der Waals surface area contributed by atoms with Crippen LogP contribution in [0.2, 0.25) is 0 Å². The van der Waals surface area contributed by atoms with Crippen LogP contribution in [0, 0.1) is 35.5 Å². The van der Waals surface area contributed by atoms with Gasteiger partial charge in [-0.2, -0.15) is 0 Å². The molecule has 68 heavy (non-hydrogen) atoms. The molecule has 0 radical (unpaired) electrons. The van der Waals surface area contributed by atoms with Gasteiger partial charge in [0.15, 0.2) is 5.78 Å². The number of ether oxygens (including phenoxy) is 4. The molecule has 5 rings (SSSR count). The Morgan fingerprint density at radius 2 is 1.63 bits per heavy atom. The fourth-order valence-corrected chi connectivity index (χ4v) is 10.7. The summed E-state index contributed by atoms with van der Waals surface area (Å²) in [6.45, 7) is 12.8. The molecule has 2 bridgehead atoms. The van der Waals surface area contributed by atoms with Crippen LogP contribution < -0.4 is 0 Å². The normalized spacial score (nSPS) is 39.1. The predicted octanol–water partition coefficient (Wildman–Crippen LogP) is 7.54. The summed E-state index contributed by atoms with van der Waals surface area (Å²) < 4.78 is 29.6. The molecule has 0 aromatic carbocycles. The summed E-state index contributed by atoms with van der Waals surface area (Å²) in [5.74, 6) is -7.63. The molecule has 1 amide bonds. The Hall–Kier alpha value is -4.05. The van der Waals surface area contributed by atoms with Gasteiger partial charge in [-0.1, -0.05) is 76.6 Å². The third kappa shape index (κ3) is 13.8. The average Bonchev–Trinajstić information content (AvgIpc) is 3.86. The maximum atomic E-state index is 14.4. The smallest absolute Gasteiger partial charge is 0.329 e. The van der Waals surface area contributed by atoms with Crippen molar-refractivity contribution in [3.8, 4) is 0 Å². The Bertz CT molecular complexity index is 1990. The van der Waals surface area contributed by atoms with Crippen molar-refractivity contribution in [2.24, 2.45) is 35.5 Å². The molecule has 378 valence electrons. The van der Waals surface area contributed by atoms with Gasteiger partial charge < -0.3 is 43.6 Å². The number of aliphatic hydroxyl groups excluding tert-OH is 2. The van der Waals surface area contributed by atoms with Crippen molar-refractivity contribution in [2.45, 2.75) is 180 Å². The fraction of sp³-hybridized carbons (Fsp3) is 0.685. The Kier molecular flexibility index (Phi) is 20.3. The molecule has 1 aliphatic carbocycles. The first-order valence-electron chi connectivity index (χ1n) is 25.0. The first kappa shape index (κ1) is 54.9. The van der Waals surface area contributed by atoms with Gasteiger partial charge in [-0.25, -0.2) is 4.79 Å². The van der Waals surface area contributed by atoms with E-state index in [1.54, 1.807) is 46.3 Å². The molecule has 1 aromatic heterocycles. The Labute approximate surface area is 403 Å². The SMILES string of the molecule is CO[C@@H]1C[C@H](C[C@@H](C)[C@@H]2CC(=O)[C@H](C)/C=C(\C)[C@@H](O)[C@@H](OC)C(=O)[C@H](C)C[C@H](C)/C=C/C=C/C=C(\C)C(c3ccco3)C[C@@H]3CC[C@@H](C)[C@@](O)(O3)C(=O)C(=O)N3CCCC[C@H]3C(=O)O2)CC[C@H]1O. The van der Waals surface area contributed by atoms with Crippen LogP contribution in [0.4, 0.5) is 0 Å². The maximum Gasteiger partial charge on any atom is 0.329 e. The lowest BCUT2D eigenvalue weighted by Gasteiger charge is -2.42. The summed E-state index contributed by atoms with van der Waals surface area (Å²) in [7, 11) is 2.95. The van der Waals surface area contributed by atoms with Crippen LogP contribution in [-0.4, -0.2) is 119 Å². The molecule has 2 saturated heterocycles. The molecule has 15 atom stereocenters. The van der Waals surface area contributed by atoms with Gasteiger partial charge >= 0.3 is 5.97 Å². The number of ketones is 3. The summed E-state index contributed by atoms with van der Waals surface area (Å²) in [4.78, 5) is 72.3. The average molecular weight is 950 g/mol. The van der Waals surface area contributed by atoms with Crippen molar-refractivity contribution >= 4 is 29.2 Å². The minimum absolute atomic E-state index is 0.00926. The summed E-state index contributed by atoms with van der Waals surface area (Å²) in [6.07, 6.45) is 13.3. The number of aliphatic hydroxyl groups is 3. The minimum Gasteiger partial charge on any atom is -0.469 e. The zero-order valence-corrected chi connectivity index (χ0v) is 41.8. The first-order chi connectivity index (χ1) is 32.3. The number of carbonyl (C=O) groups excluding carboxylic acids is 5. The molecular weight excluding hydrogens is 871 g/mol. The van der Waals surface area contributed by atoms with Gasteiger partial charge in [0.05, 0.1) is 24.6 Å². The molecule has 3 aliphatic heterocycles. The third-order valence-corrected chi connectivity index (χ3v) is 15.1. The monoisotopic (exact) mass is 950 g/mol. The molecule has 4 heterocycles. The van der Waals surface area contributed by atoms with Gasteiger partial charge in [0, 0.05) is 50.9 Å². The van der Waals surface area contributed by atoms with Crippen LogP contribution in [0.1, 0.15) is 137 Å². The molecule has 14 heteroatoms. The number of Topliss-reactive ketones (excluding diaryl/α,β-unsaturated/α-hetero) is 3. The number of piperidine rings is 1. The van der Waals surface area contributed by atoms with E-state index in [1.807, 2.05) is 64.1 Å². The van der Waals surface area contributed by atoms with Crippen molar-refractivity contribution in [1.29, 1.82) is 0 Å². The number of fused-ring (bicyclic) bond motifs is 3. The summed E-state index contributed by atoms with van der Waals surface area (Å²) in [5, 5.41) is 34.1. The lowest BCUT2D eigenvalue weighted by molar-refractivity contribution is -0.264. The van der Waals surface area contributed by atoms with Gasteiger partial charge in [-0.3, -0.25) is 19.2 Å². The van der Waals surface area contributed by atoms with Crippen LogP contribution in [-0.2, 0) is 42.9 Å². The van der Waals surface area contributed by atoms with Gasteiger partial charge in [0.25, 0.3) is 11.7 Å². The van der Waals surface area contributed by atoms with E-state index in [0.29, 0.717) is 69.1 Å². The van der Waals surface area contributed by atoms with Crippen LogP contribution in [0.3, 0.4) is 0 Å². The quantitative estimate of drug-likeness (QED) is 0.144. The third-order valence-electron chi connectivity index (χ3n) is 15.1. The Morgan fingerprint density at radius 3 is 2.32 bits per heavy atom. The Balaban J connectivity index is 1.49. The zero-order valence-electron chi connectivity index (χ0n) is 41.8. The van der Waals surface area contributed by atoms with Crippen LogP contribution in [0.15, 0.2) is 70.4 Å². The van der Waals surface area contributed by atoms with Crippen molar-refractivity contribution in [1.82, 2.24) is 4.90 Å². The van der Waals surface area contributed by atoms with Crippen molar-refractivity contribution in [2.75, 3.05) is 20.8 Å². The van der Waals surface area contributed by atoms with Gasteiger partial charge in [0.2, 0.25) is 5.79 Å². The number of amides is 1. The van der Waals surface area contributed by atoms with E-state index in [4.69, 9.17) is 23.4 Å². The second-order valence-electron chi connectivity index (χ2n) is 20.4. The number of esters is 1. The van der Waals surface area contributed by atoms with E-state index < -0.39 is 77.8 Å². The van der Waals surface area contributed by atoms with Gasteiger partial charge in [-0.05, 0) is 120 Å². The van der Waals surface area contributed by atoms with E-state index in [2.05, 4.69) is 0 Å². The number of furan rings is 1. The largest absolute Gasteiger partial charge is 0.469 e. The highest BCUT2D eigenvalue weighted by Gasteiger charge is 2.53. The minimum atomic E-state index is -2.45. The number of hydrogen-bond acceptors (Lipinski definition) is 13. The predicted molar refractivity (Wildman–Crippen MR) is 256 cm³/mol. The number of cyclic esters (lactones) is 1. The highest BCUT2D eigenvalue weighted by atomic mass is 16.6. The van der Waals surface area contributed by atoms with E-state index >= 15 is 0 Å². The van der Waals surface area contributed by atoms with Gasteiger partial charge in [-0.15, -0.1) is 0 Å². The summed E-state index contributed by atoms with van der Waals surface area (Å²) in [5.41, 5.74) is 1.33. The van der Waals surface area contributed by atoms with Crippen LogP contribution >= 0.6 is 0 Å². The number of hydrogen-bond donors (Lipinski definition) is 3. The molecule has 0 spiro atoms. The number of methoxy groups -OCH3 is 2. The second kappa shape index (κ2) is 25.2. The molecule has 1 saturated carbocycles. The van der Waals surface area contributed by atoms with E-state index in [9.17, 15) is 39.3 Å². The molecule has 3 fully saturated rings. The molecule has 4 aliphatic rings. The van der Waals surface area contributed by atoms with Crippen LogP contribution in [0.5, 0.6) is 0 Å². The van der Waals surface area contributed by atoms with E-state index in [0.717, 1.165) is 12.0 Å². The highest BCUT2D eigenvalue weighted by molar-refractivity contribution is 6.39. The summed E-state index contributed by atoms with van der Waals surface area (Å²) in [6, 6.07) is 2.52. The standard InChI is InChI=1S/C54H79NO13/c1-32-16-11-10-12-17-33(2)41(45-19-15-25-66-45)30-40-22-20-38(7)54(63,68-40)51(60)52(61)55-24-14-13-18-42(55)53(62)67-46(35(4)28-39-21-23-43(56)47(29-39)64-8)31-44(57)34(3)27-37(6)49(59)50(65-9)48(58)36(5)26-32/h10-12,15-17,19,25,27,32,34-36,38-43,46-47,49-50,56,59,63H,13-14,18,20-24,26,28-31H2,1-9H3/b12-10+,16-11+,33-17+,37-27+/t32-,34-,35-,36-,38-,39+,40+,41?,42+,43-,46+,47-,49-,50+,54-/m1/s1. The molecule has 1 unspecified atom stereocenters. The topological polar surface area (TPSA) is 199 Å². The maximum absolute atomic E-state index is 14.4. The number of allylic oxidation sites excluding steroid dienone is 7.